The largest absolute Gasteiger partial charge is 0.317 e. The van der Waals surface area contributed by atoms with Gasteiger partial charge in [0.1, 0.15) is 12.1 Å². The molecule has 2 aromatic heterocycles. The molecule has 2 aliphatic rings. The lowest BCUT2D eigenvalue weighted by Gasteiger charge is -2.20. The first-order chi connectivity index (χ1) is 13.3. The molecule has 3 aromatic rings. The molecule has 2 fully saturated rings. The smallest absolute Gasteiger partial charge is 0.123 e. The molecule has 0 atom stereocenters. The summed E-state index contributed by atoms with van der Waals surface area (Å²) in [6.07, 6.45) is 8.19. The number of piperidine rings is 1. The first-order valence-electron chi connectivity index (χ1n) is 9.57. The summed E-state index contributed by atoms with van der Waals surface area (Å²) in [5, 5.41) is 4.59. The van der Waals surface area contributed by atoms with Crippen molar-refractivity contribution in [2.24, 2.45) is 0 Å². The third kappa shape index (κ3) is 3.39. The van der Waals surface area contributed by atoms with Crippen LogP contribution >= 0.6 is 11.3 Å². The van der Waals surface area contributed by atoms with E-state index in [1.165, 1.54) is 35.5 Å². The van der Waals surface area contributed by atoms with Crippen molar-refractivity contribution in [3.63, 3.8) is 0 Å². The zero-order valence-electron chi connectivity index (χ0n) is 15.0. The van der Waals surface area contributed by atoms with Gasteiger partial charge in [-0.15, -0.1) is 11.3 Å². The highest BCUT2D eigenvalue weighted by atomic mass is 32.1. The molecule has 1 saturated heterocycles. The quantitative estimate of drug-likeness (QED) is 0.710. The zero-order chi connectivity index (χ0) is 18.2. The second-order valence-corrected chi connectivity index (χ2v) is 8.39. The molecule has 1 aromatic carbocycles. The van der Waals surface area contributed by atoms with E-state index in [0.717, 1.165) is 47.8 Å². The number of rotatable bonds is 4. The first kappa shape index (κ1) is 17.0. The molecule has 5 rings (SSSR count). The zero-order valence-corrected chi connectivity index (χ0v) is 15.8. The van der Waals surface area contributed by atoms with Crippen molar-refractivity contribution in [1.29, 1.82) is 0 Å². The van der Waals surface area contributed by atoms with E-state index in [1.54, 1.807) is 17.7 Å². The number of nitrogens with zero attached hydrogens (tertiary/aromatic N) is 3. The van der Waals surface area contributed by atoms with Gasteiger partial charge in [-0.05, 0) is 69.0 Å². The number of aromatic nitrogens is 3. The van der Waals surface area contributed by atoms with Crippen LogP contribution in [-0.4, -0.2) is 28.0 Å². The Morgan fingerprint density at radius 2 is 1.74 bits per heavy atom. The topological polar surface area (TPSA) is 50.7 Å². The monoisotopic (exact) mass is 380 g/mol. The predicted octanol–water partition coefficient (Wildman–Crippen LogP) is 4.75. The normalized spacial score (nSPS) is 18.0. The number of benzene rings is 1. The van der Waals surface area contributed by atoms with Crippen molar-refractivity contribution in [3.8, 4) is 21.8 Å². The van der Waals surface area contributed by atoms with E-state index in [4.69, 9.17) is 4.98 Å². The minimum atomic E-state index is -0.227. The van der Waals surface area contributed by atoms with Crippen molar-refractivity contribution in [2.45, 2.75) is 37.5 Å². The molecule has 0 bridgehead atoms. The molecular formula is C21H21FN4S. The Kier molecular flexibility index (Phi) is 4.45. The van der Waals surface area contributed by atoms with Gasteiger partial charge in [-0.2, -0.15) is 0 Å². The number of thiazole rings is 1. The van der Waals surface area contributed by atoms with Crippen LogP contribution in [0.1, 0.15) is 48.1 Å². The molecule has 138 valence electrons. The highest BCUT2D eigenvalue weighted by Gasteiger charge is 2.30. The molecule has 1 saturated carbocycles. The van der Waals surface area contributed by atoms with Gasteiger partial charge in [-0.3, -0.25) is 0 Å². The summed E-state index contributed by atoms with van der Waals surface area (Å²) in [6.45, 7) is 2.07. The lowest BCUT2D eigenvalue weighted by Crippen LogP contribution is -2.26. The Morgan fingerprint density at radius 3 is 2.48 bits per heavy atom. The van der Waals surface area contributed by atoms with Crippen LogP contribution < -0.4 is 5.32 Å². The molecule has 1 aliphatic heterocycles. The van der Waals surface area contributed by atoms with Crippen molar-refractivity contribution in [3.05, 3.63) is 53.2 Å². The summed E-state index contributed by atoms with van der Waals surface area (Å²) < 4.78 is 13.5. The average molecular weight is 380 g/mol. The number of hydrogen-bond donors (Lipinski definition) is 1. The standard InChI is InChI=1S/C21H21FN4S/c22-16-5-3-14(4-6-16)18-20(19-17(13-1-2-13)11-24-12-25-19)27-21(26-18)15-7-9-23-10-8-15/h3-6,11-13,15,23H,1-2,7-10H2. The molecule has 0 unspecified atom stereocenters. The fourth-order valence-electron chi connectivity index (χ4n) is 3.77. The molecule has 1 N–H and O–H groups in total. The van der Waals surface area contributed by atoms with Gasteiger partial charge >= 0.3 is 0 Å². The molecule has 6 heteroatoms. The Labute approximate surface area is 161 Å². The minimum absolute atomic E-state index is 0.227. The van der Waals surface area contributed by atoms with Crippen molar-refractivity contribution < 1.29 is 4.39 Å². The van der Waals surface area contributed by atoms with E-state index in [9.17, 15) is 4.39 Å². The average Bonchev–Trinajstić information content (AvgIpc) is 3.48. The Bertz CT molecular complexity index is 943. The maximum Gasteiger partial charge on any atom is 0.123 e. The third-order valence-electron chi connectivity index (χ3n) is 5.42. The summed E-state index contributed by atoms with van der Waals surface area (Å²) in [7, 11) is 0. The Balaban J connectivity index is 1.64. The van der Waals surface area contributed by atoms with Gasteiger partial charge in [0.25, 0.3) is 0 Å². The number of nitrogens with one attached hydrogen (secondary N) is 1. The lowest BCUT2D eigenvalue weighted by molar-refractivity contribution is 0.459. The maximum absolute atomic E-state index is 13.5. The van der Waals surface area contributed by atoms with Crippen molar-refractivity contribution in [2.75, 3.05) is 13.1 Å². The van der Waals surface area contributed by atoms with Crippen LogP contribution in [0.25, 0.3) is 21.8 Å². The van der Waals surface area contributed by atoms with Gasteiger partial charge < -0.3 is 5.32 Å². The highest BCUT2D eigenvalue weighted by molar-refractivity contribution is 7.15. The Morgan fingerprint density at radius 1 is 0.963 bits per heavy atom. The fraction of sp³-hybridized carbons (Fsp3) is 0.381. The van der Waals surface area contributed by atoms with Crippen LogP contribution in [-0.2, 0) is 0 Å². The molecule has 3 heterocycles. The summed E-state index contributed by atoms with van der Waals surface area (Å²) in [6, 6.07) is 6.64. The summed E-state index contributed by atoms with van der Waals surface area (Å²) in [5.74, 6) is 0.817. The van der Waals surface area contributed by atoms with Gasteiger partial charge in [0, 0.05) is 23.2 Å². The van der Waals surface area contributed by atoms with Gasteiger partial charge in [0.05, 0.1) is 21.3 Å². The summed E-state index contributed by atoms with van der Waals surface area (Å²) >= 11 is 1.75. The Hall–Kier alpha value is -2.18. The first-order valence-corrected chi connectivity index (χ1v) is 10.4. The van der Waals surface area contributed by atoms with E-state index in [0.29, 0.717) is 11.8 Å². The lowest BCUT2D eigenvalue weighted by atomic mass is 9.99. The van der Waals surface area contributed by atoms with Crippen LogP contribution in [0.3, 0.4) is 0 Å². The number of hydrogen-bond acceptors (Lipinski definition) is 5. The summed E-state index contributed by atoms with van der Waals surface area (Å²) in [4.78, 5) is 15.0. The van der Waals surface area contributed by atoms with Crippen LogP contribution in [0, 0.1) is 5.82 Å². The van der Waals surface area contributed by atoms with Crippen LogP contribution in [0.5, 0.6) is 0 Å². The second-order valence-electron chi connectivity index (χ2n) is 7.36. The summed E-state index contributed by atoms with van der Waals surface area (Å²) in [5.41, 5.74) is 4.10. The minimum Gasteiger partial charge on any atom is -0.317 e. The van der Waals surface area contributed by atoms with Gasteiger partial charge in [0.2, 0.25) is 0 Å². The molecular weight excluding hydrogens is 359 g/mol. The number of halogens is 1. The molecule has 1 aliphatic carbocycles. The molecule has 0 amide bonds. The maximum atomic E-state index is 13.5. The third-order valence-corrected chi connectivity index (χ3v) is 6.65. The van der Waals surface area contributed by atoms with E-state index in [1.807, 2.05) is 18.3 Å². The van der Waals surface area contributed by atoms with Crippen LogP contribution in [0.2, 0.25) is 0 Å². The van der Waals surface area contributed by atoms with E-state index in [2.05, 4.69) is 15.3 Å². The molecule has 0 spiro atoms. The fourth-order valence-corrected chi connectivity index (χ4v) is 5.04. The van der Waals surface area contributed by atoms with Gasteiger partial charge in [-0.1, -0.05) is 0 Å². The van der Waals surface area contributed by atoms with Gasteiger partial charge in [-0.25, -0.2) is 19.3 Å². The predicted molar refractivity (Wildman–Crippen MR) is 105 cm³/mol. The SMILES string of the molecule is Fc1ccc(-c2nc(C3CCNCC3)sc2-c2ncncc2C2CC2)cc1. The van der Waals surface area contributed by atoms with Crippen molar-refractivity contribution >= 4 is 11.3 Å². The van der Waals surface area contributed by atoms with Crippen LogP contribution in [0.15, 0.2) is 36.8 Å². The second kappa shape index (κ2) is 7.09. The molecule has 27 heavy (non-hydrogen) atoms. The molecule has 4 nitrogen and oxygen atoms in total. The van der Waals surface area contributed by atoms with E-state index >= 15 is 0 Å². The van der Waals surface area contributed by atoms with E-state index < -0.39 is 0 Å². The molecule has 0 radical (unpaired) electrons. The highest BCUT2D eigenvalue weighted by Crippen LogP contribution is 2.47. The van der Waals surface area contributed by atoms with E-state index in [-0.39, 0.29) is 5.82 Å². The van der Waals surface area contributed by atoms with Gasteiger partial charge in [0.15, 0.2) is 0 Å². The van der Waals surface area contributed by atoms with Crippen LogP contribution in [0.4, 0.5) is 4.39 Å². The van der Waals surface area contributed by atoms with Crippen molar-refractivity contribution in [1.82, 2.24) is 20.3 Å².